The first kappa shape index (κ1) is 17.4. The number of nitrogens with one attached hydrogen (secondary N) is 2. The average Bonchev–Trinajstić information content (AvgIpc) is 3.37. The summed E-state index contributed by atoms with van der Waals surface area (Å²) >= 11 is 0. The molecule has 0 aliphatic carbocycles. The maximum atomic E-state index is 12.0. The highest BCUT2D eigenvalue weighted by Crippen LogP contribution is 2.36. The summed E-state index contributed by atoms with van der Waals surface area (Å²) in [6, 6.07) is 7.27. The summed E-state index contributed by atoms with van der Waals surface area (Å²) in [5, 5.41) is 4.84. The first-order valence-corrected chi connectivity index (χ1v) is 10.2. The van der Waals surface area contributed by atoms with Crippen molar-refractivity contribution in [3.63, 3.8) is 0 Å². The Morgan fingerprint density at radius 2 is 2.14 bits per heavy atom. The third kappa shape index (κ3) is 2.90. The van der Waals surface area contributed by atoms with Gasteiger partial charge in [0.25, 0.3) is 0 Å². The van der Waals surface area contributed by atoms with Crippen LogP contribution in [-0.2, 0) is 17.8 Å². The molecule has 5 heteroatoms. The van der Waals surface area contributed by atoms with Gasteiger partial charge in [-0.3, -0.25) is 4.79 Å². The van der Waals surface area contributed by atoms with Crippen LogP contribution in [0, 0.1) is 6.92 Å². The summed E-state index contributed by atoms with van der Waals surface area (Å²) in [6.07, 6.45) is 7.26. The molecule has 1 saturated heterocycles. The van der Waals surface area contributed by atoms with E-state index in [1.807, 2.05) is 17.3 Å². The fraction of sp³-hybridized carbons (Fsp3) is 0.391. The van der Waals surface area contributed by atoms with Crippen molar-refractivity contribution >= 4 is 16.9 Å². The normalized spacial score (nSPS) is 19.2. The Kier molecular flexibility index (Phi) is 4.20. The molecule has 1 aromatic carbocycles. The zero-order valence-electron chi connectivity index (χ0n) is 16.5. The van der Waals surface area contributed by atoms with Crippen molar-refractivity contribution < 1.29 is 4.79 Å². The number of pyridine rings is 1. The zero-order valence-corrected chi connectivity index (χ0v) is 16.5. The summed E-state index contributed by atoms with van der Waals surface area (Å²) in [4.78, 5) is 21.8. The number of hydrogen-bond acceptors (Lipinski definition) is 3. The molecule has 2 aliphatic rings. The third-order valence-electron chi connectivity index (χ3n) is 6.33. The van der Waals surface area contributed by atoms with Crippen LogP contribution < -0.4 is 5.32 Å². The predicted octanol–water partition coefficient (Wildman–Crippen LogP) is 3.87. The van der Waals surface area contributed by atoms with Crippen molar-refractivity contribution in [2.45, 2.75) is 45.7 Å². The van der Waals surface area contributed by atoms with Gasteiger partial charge in [-0.25, -0.2) is 4.98 Å². The summed E-state index contributed by atoms with van der Waals surface area (Å²) in [5.74, 6) is 0.164. The Bertz CT molecular complexity index is 1060. The number of amides is 1. The first-order chi connectivity index (χ1) is 13.6. The number of fused-ring (bicyclic) bond motifs is 2. The Labute approximate surface area is 165 Å². The number of carbonyl (C=O) groups excluding carboxylic acids is 1. The number of aromatic amines is 1. The van der Waals surface area contributed by atoms with Crippen LogP contribution in [0.3, 0.4) is 0 Å². The molecule has 144 valence electrons. The standard InChI is InChI=1S/C23H26N4O/c1-14-11-25-23-19(14)10-18(12-26-23)17-8-16-5-7-27(15(2)28)13-21(16)20(9-17)22-4-3-6-24-22/h8-12,22,24H,3-7,13H2,1-2H3,(H,25,26). The molecule has 1 unspecified atom stereocenters. The molecular weight excluding hydrogens is 348 g/mol. The minimum absolute atomic E-state index is 0.164. The molecule has 2 aromatic heterocycles. The second-order valence-electron chi connectivity index (χ2n) is 8.13. The molecule has 3 aromatic rings. The maximum absolute atomic E-state index is 12.0. The molecule has 5 rings (SSSR count). The van der Waals surface area contributed by atoms with Gasteiger partial charge in [-0.1, -0.05) is 6.07 Å². The van der Waals surface area contributed by atoms with Crippen LogP contribution in [-0.4, -0.2) is 33.9 Å². The van der Waals surface area contributed by atoms with Gasteiger partial charge in [0, 0.05) is 49.4 Å². The number of nitrogens with zero attached hydrogens (tertiary/aromatic N) is 2. The van der Waals surface area contributed by atoms with Gasteiger partial charge >= 0.3 is 0 Å². The number of aryl methyl sites for hydroxylation is 1. The monoisotopic (exact) mass is 374 g/mol. The van der Waals surface area contributed by atoms with Crippen molar-refractivity contribution in [3.05, 3.63) is 52.8 Å². The third-order valence-corrected chi connectivity index (χ3v) is 6.33. The number of rotatable bonds is 2. The fourth-order valence-electron chi connectivity index (χ4n) is 4.69. The lowest BCUT2D eigenvalue weighted by molar-refractivity contribution is -0.129. The van der Waals surface area contributed by atoms with Crippen LogP contribution in [0.1, 0.15) is 48.1 Å². The molecule has 0 radical (unpaired) electrons. The molecule has 0 bridgehead atoms. The van der Waals surface area contributed by atoms with E-state index in [2.05, 4.69) is 40.4 Å². The molecule has 4 heterocycles. The molecule has 5 nitrogen and oxygen atoms in total. The lowest BCUT2D eigenvalue weighted by atomic mass is 9.87. The van der Waals surface area contributed by atoms with Gasteiger partial charge in [0.15, 0.2) is 0 Å². The average molecular weight is 374 g/mol. The van der Waals surface area contributed by atoms with E-state index in [1.54, 1.807) is 6.92 Å². The van der Waals surface area contributed by atoms with E-state index in [4.69, 9.17) is 0 Å². The Hall–Kier alpha value is -2.66. The Balaban J connectivity index is 1.63. The van der Waals surface area contributed by atoms with Crippen molar-refractivity contribution in [2.75, 3.05) is 13.1 Å². The predicted molar refractivity (Wildman–Crippen MR) is 111 cm³/mol. The number of benzene rings is 1. The van der Waals surface area contributed by atoms with Crippen molar-refractivity contribution in [3.8, 4) is 11.1 Å². The topological polar surface area (TPSA) is 61.0 Å². The number of carbonyl (C=O) groups is 1. The van der Waals surface area contributed by atoms with Crippen LogP contribution in [0.15, 0.2) is 30.6 Å². The minimum atomic E-state index is 0.164. The molecule has 1 amide bonds. The second-order valence-corrected chi connectivity index (χ2v) is 8.13. The summed E-state index contributed by atoms with van der Waals surface area (Å²) in [5.41, 5.74) is 8.63. The van der Waals surface area contributed by atoms with Crippen LogP contribution in [0.25, 0.3) is 22.2 Å². The molecule has 2 aliphatic heterocycles. The van der Waals surface area contributed by atoms with E-state index in [0.29, 0.717) is 6.04 Å². The minimum Gasteiger partial charge on any atom is -0.346 e. The SMILES string of the molecule is CC(=O)N1CCc2cc(-c3cnc4[nH]cc(C)c4c3)cc(C3CCCN3)c2C1. The largest absolute Gasteiger partial charge is 0.346 e. The molecule has 1 atom stereocenters. The van der Waals surface area contributed by atoms with Crippen LogP contribution in [0.2, 0.25) is 0 Å². The highest BCUT2D eigenvalue weighted by Gasteiger charge is 2.26. The Morgan fingerprint density at radius 3 is 2.93 bits per heavy atom. The molecular formula is C23H26N4O. The van der Waals surface area contributed by atoms with E-state index >= 15 is 0 Å². The van der Waals surface area contributed by atoms with E-state index in [-0.39, 0.29) is 5.91 Å². The molecule has 2 N–H and O–H groups in total. The summed E-state index contributed by atoms with van der Waals surface area (Å²) in [7, 11) is 0. The fourth-order valence-corrected chi connectivity index (χ4v) is 4.69. The van der Waals surface area contributed by atoms with Gasteiger partial charge in [-0.05, 0) is 72.7 Å². The maximum Gasteiger partial charge on any atom is 0.219 e. The molecule has 0 saturated carbocycles. The number of H-pyrrole nitrogens is 1. The lowest BCUT2D eigenvalue weighted by Crippen LogP contribution is -2.35. The number of hydrogen-bond donors (Lipinski definition) is 2. The molecule has 1 fully saturated rings. The van der Waals surface area contributed by atoms with Gasteiger partial charge in [-0.2, -0.15) is 0 Å². The van der Waals surface area contributed by atoms with E-state index in [9.17, 15) is 4.79 Å². The van der Waals surface area contributed by atoms with Crippen LogP contribution >= 0.6 is 0 Å². The molecule has 0 spiro atoms. The zero-order chi connectivity index (χ0) is 19.3. The van der Waals surface area contributed by atoms with Crippen molar-refractivity contribution in [2.24, 2.45) is 0 Å². The van der Waals surface area contributed by atoms with Crippen molar-refractivity contribution in [1.82, 2.24) is 20.2 Å². The highest BCUT2D eigenvalue weighted by atomic mass is 16.2. The first-order valence-electron chi connectivity index (χ1n) is 10.2. The van der Waals surface area contributed by atoms with E-state index < -0.39 is 0 Å². The van der Waals surface area contributed by atoms with Gasteiger partial charge in [0.1, 0.15) is 5.65 Å². The van der Waals surface area contributed by atoms with Gasteiger partial charge in [-0.15, -0.1) is 0 Å². The van der Waals surface area contributed by atoms with Gasteiger partial charge in [0.05, 0.1) is 0 Å². The number of aromatic nitrogens is 2. The van der Waals surface area contributed by atoms with E-state index in [1.165, 1.54) is 39.6 Å². The molecule has 28 heavy (non-hydrogen) atoms. The summed E-state index contributed by atoms with van der Waals surface area (Å²) in [6.45, 7) is 6.38. The Morgan fingerprint density at radius 1 is 1.25 bits per heavy atom. The quantitative estimate of drug-likeness (QED) is 0.716. The van der Waals surface area contributed by atoms with Gasteiger partial charge in [0.2, 0.25) is 5.91 Å². The lowest BCUT2D eigenvalue weighted by Gasteiger charge is -2.31. The van der Waals surface area contributed by atoms with Crippen molar-refractivity contribution in [1.29, 1.82) is 0 Å². The highest BCUT2D eigenvalue weighted by molar-refractivity contribution is 5.84. The van der Waals surface area contributed by atoms with Crippen LogP contribution in [0.4, 0.5) is 0 Å². The smallest absolute Gasteiger partial charge is 0.219 e. The van der Waals surface area contributed by atoms with Gasteiger partial charge < -0.3 is 15.2 Å². The second kappa shape index (κ2) is 6.74. The summed E-state index contributed by atoms with van der Waals surface area (Å²) < 4.78 is 0. The van der Waals surface area contributed by atoms with E-state index in [0.717, 1.165) is 43.7 Å². The van der Waals surface area contributed by atoms with Crippen LogP contribution in [0.5, 0.6) is 0 Å².